The first-order chi connectivity index (χ1) is 14.8. The van der Waals surface area contributed by atoms with Gasteiger partial charge in [0.25, 0.3) is 0 Å². The number of carbonyl (C=O) groups is 2. The molecular formula is C20H22FN5O3S2. The highest BCUT2D eigenvalue weighted by atomic mass is 32.2. The molecule has 0 aliphatic rings. The summed E-state index contributed by atoms with van der Waals surface area (Å²) in [5.41, 5.74) is 1.88. The number of benzene rings is 1. The number of hydrogen-bond donors (Lipinski definition) is 2. The number of nitrogens with two attached hydrogens (primary N) is 1. The molecule has 0 fully saturated rings. The molecular weight excluding hydrogens is 441 g/mol. The highest BCUT2D eigenvalue weighted by Gasteiger charge is 2.23. The zero-order valence-electron chi connectivity index (χ0n) is 17.3. The van der Waals surface area contributed by atoms with Crippen molar-refractivity contribution < 1.29 is 18.7 Å². The van der Waals surface area contributed by atoms with Crippen LogP contribution >= 0.6 is 23.1 Å². The molecule has 1 aromatic carbocycles. The van der Waals surface area contributed by atoms with Gasteiger partial charge in [-0.05, 0) is 50.1 Å². The van der Waals surface area contributed by atoms with E-state index in [1.807, 2.05) is 13.8 Å². The standard InChI is InChI=1S/C20H22FN5O3S2/c1-4-14-11(3)31-18(16(14)19(28)29-5-2)23-15(27)10-30-20-25-24-17(26(20)22)12-6-8-13(21)9-7-12/h6-9H,4-5,10,22H2,1-3H3,(H,23,27). The van der Waals surface area contributed by atoms with Crippen LogP contribution in [0.3, 0.4) is 0 Å². The Morgan fingerprint density at radius 2 is 1.97 bits per heavy atom. The van der Waals surface area contributed by atoms with E-state index in [0.29, 0.717) is 33.5 Å². The number of rotatable bonds is 8. The summed E-state index contributed by atoms with van der Waals surface area (Å²) in [7, 11) is 0. The average molecular weight is 464 g/mol. The molecule has 0 unspecified atom stereocenters. The zero-order chi connectivity index (χ0) is 22.5. The largest absolute Gasteiger partial charge is 0.462 e. The maximum absolute atomic E-state index is 13.1. The smallest absolute Gasteiger partial charge is 0.341 e. The van der Waals surface area contributed by atoms with Crippen LogP contribution in [-0.2, 0) is 16.0 Å². The second kappa shape index (κ2) is 9.92. The summed E-state index contributed by atoms with van der Waals surface area (Å²) < 4.78 is 19.5. The molecule has 0 radical (unpaired) electrons. The van der Waals surface area contributed by atoms with Gasteiger partial charge in [0.1, 0.15) is 10.8 Å². The molecule has 2 heterocycles. The van der Waals surface area contributed by atoms with Gasteiger partial charge < -0.3 is 15.9 Å². The SMILES string of the molecule is CCOC(=O)c1c(NC(=O)CSc2nnc(-c3ccc(F)cc3)n2N)sc(C)c1CC. The van der Waals surface area contributed by atoms with E-state index in [0.717, 1.165) is 22.2 Å². The lowest BCUT2D eigenvalue weighted by atomic mass is 10.1. The normalized spacial score (nSPS) is 10.8. The number of carbonyl (C=O) groups excluding carboxylic acids is 2. The average Bonchev–Trinajstić information content (AvgIpc) is 3.26. The molecule has 3 aromatic rings. The minimum Gasteiger partial charge on any atom is -0.462 e. The zero-order valence-corrected chi connectivity index (χ0v) is 18.9. The monoisotopic (exact) mass is 463 g/mol. The Bertz CT molecular complexity index is 1100. The van der Waals surface area contributed by atoms with Gasteiger partial charge >= 0.3 is 5.97 Å². The van der Waals surface area contributed by atoms with Crippen molar-refractivity contribution in [3.8, 4) is 11.4 Å². The topological polar surface area (TPSA) is 112 Å². The molecule has 0 saturated heterocycles. The van der Waals surface area contributed by atoms with Crippen LogP contribution in [0.5, 0.6) is 0 Å². The van der Waals surface area contributed by atoms with Crippen LogP contribution in [0.1, 0.15) is 34.6 Å². The fourth-order valence-electron chi connectivity index (χ4n) is 2.98. The second-order valence-electron chi connectivity index (χ2n) is 6.43. The summed E-state index contributed by atoms with van der Waals surface area (Å²) in [6, 6.07) is 5.70. The number of esters is 1. The van der Waals surface area contributed by atoms with Crippen molar-refractivity contribution in [2.24, 2.45) is 0 Å². The number of thiophene rings is 1. The van der Waals surface area contributed by atoms with Crippen molar-refractivity contribution in [3.63, 3.8) is 0 Å². The number of hydrogen-bond acceptors (Lipinski definition) is 8. The number of amides is 1. The molecule has 3 rings (SSSR count). The molecule has 0 saturated carbocycles. The van der Waals surface area contributed by atoms with E-state index >= 15 is 0 Å². The number of anilines is 1. The van der Waals surface area contributed by atoms with Gasteiger partial charge in [-0.2, -0.15) is 0 Å². The quantitative estimate of drug-likeness (QED) is 0.298. The highest BCUT2D eigenvalue weighted by Crippen LogP contribution is 2.34. The lowest BCUT2D eigenvalue weighted by Crippen LogP contribution is -2.18. The van der Waals surface area contributed by atoms with Gasteiger partial charge in [-0.1, -0.05) is 18.7 Å². The summed E-state index contributed by atoms with van der Waals surface area (Å²) in [4.78, 5) is 25.9. The highest BCUT2D eigenvalue weighted by molar-refractivity contribution is 7.99. The van der Waals surface area contributed by atoms with Crippen LogP contribution in [-0.4, -0.2) is 39.1 Å². The van der Waals surface area contributed by atoms with Gasteiger partial charge in [-0.25, -0.2) is 13.9 Å². The third-order valence-corrected chi connectivity index (χ3v) is 6.40. The first-order valence-corrected chi connectivity index (χ1v) is 11.3. The van der Waals surface area contributed by atoms with Crippen molar-refractivity contribution in [2.75, 3.05) is 23.5 Å². The first kappa shape index (κ1) is 22.8. The Hall–Kier alpha value is -2.92. The number of halogens is 1. The predicted molar refractivity (Wildman–Crippen MR) is 119 cm³/mol. The first-order valence-electron chi connectivity index (χ1n) is 9.54. The van der Waals surface area contributed by atoms with Crippen molar-refractivity contribution >= 4 is 40.0 Å². The molecule has 0 spiro atoms. The van der Waals surface area contributed by atoms with Crippen LogP contribution in [0.15, 0.2) is 29.4 Å². The van der Waals surface area contributed by atoms with E-state index in [2.05, 4.69) is 15.5 Å². The minimum absolute atomic E-state index is 0.0133. The number of nitrogens with zero attached hydrogens (tertiary/aromatic N) is 3. The van der Waals surface area contributed by atoms with E-state index in [-0.39, 0.29) is 24.1 Å². The van der Waals surface area contributed by atoms with Gasteiger partial charge in [0.15, 0.2) is 5.82 Å². The Balaban J connectivity index is 1.70. The lowest BCUT2D eigenvalue weighted by molar-refractivity contribution is -0.113. The Morgan fingerprint density at radius 3 is 2.61 bits per heavy atom. The van der Waals surface area contributed by atoms with Gasteiger partial charge in [-0.15, -0.1) is 21.5 Å². The van der Waals surface area contributed by atoms with Crippen LogP contribution in [0.2, 0.25) is 0 Å². The van der Waals surface area contributed by atoms with E-state index in [1.54, 1.807) is 19.1 Å². The number of thioether (sulfide) groups is 1. The van der Waals surface area contributed by atoms with Crippen LogP contribution in [0.25, 0.3) is 11.4 Å². The fraction of sp³-hybridized carbons (Fsp3) is 0.300. The third kappa shape index (κ3) is 5.05. The summed E-state index contributed by atoms with van der Waals surface area (Å²) >= 11 is 2.45. The van der Waals surface area contributed by atoms with E-state index in [1.165, 1.54) is 28.1 Å². The van der Waals surface area contributed by atoms with Crippen LogP contribution < -0.4 is 11.2 Å². The van der Waals surface area contributed by atoms with E-state index in [4.69, 9.17) is 10.6 Å². The minimum atomic E-state index is -0.447. The van der Waals surface area contributed by atoms with Crippen LogP contribution in [0.4, 0.5) is 9.39 Å². The Morgan fingerprint density at radius 1 is 1.26 bits per heavy atom. The molecule has 0 aliphatic carbocycles. The maximum atomic E-state index is 13.1. The van der Waals surface area contributed by atoms with Crippen molar-refractivity contribution in [3.05, 3.63) is 46.1 Å². The molecule has 0 aliphatic heterocycles. The van der Waals surface area contributed by atoms with E-state index < -0.39 is 5.97 Å². The maximum Gasteiger partial charge on any atom is 0.341 e. The van der Waals surface area contributed by atoms with Crippen molar-refractivity contribution in [1.82, 2.24) is 14.9 Å². The summed E-state index contributed by atoms with van der Waals surface area (Å²) in [5, 5.41) is 11.6. The van der Waals surface area contributed by atoms with Gasteiger partial charge in [0, 0.05) is 10.4 Å². The number of nitrogen functional groups attached to an aromatic ring is 1. The Labute approximate surface area is 187 Å². The Kier molecular flexibility index (Phi) is 7.29. The third-order valence-electron chi connectivity index (χ3n) is 4.39. The summed E-state index contributed by atoms with van der Waals surface area (Å²) in [6.07, 6.45) is 0.656. The van der Waals surface area contributed by atoms with Crippen molar-refractivity contribution in [1.29, 1.82) is 0 Å². The number of nitrogens with one attached hydrogen (secondary N) is 1. The molecule has 31 heavy (non-hydrogen) atoms. The number of aryl methyl sites for hydroxylation is 1. The molecule has 0 bridgehead atoms. The van der Waals surface area contributed by atoms with Gasteiger partial charge in [0.2, 0.25) is 11.1 Å². The number of ether oxygens (including phenoxy) is 1. The summed E-state index contributed by atoms with van der Waals surface area (Å²) in [6.45, 7) is 5.85. The molecule has 8 nitrogen and oxygen atoms in total. The molecule has 1 amide bonds. The van der Waals surface area contributed by atoms with Gasteiger partial charge in [-0.3, -0.25) is 4.79 Å². The molecule has 2 aromatic heterocycles. The molecule has 164 valence electrons. The molecule has 11 heteroatoms. The van der Waals surface area contributed by atoms with Crippen LogP contribution in [0, 0.1) is 12.7 Å². The second-order valence-corrected chi connectivity index (χ2v) is 8.60. The molecule has 0 atom stereocenters. The predicted octanol–water partition coefficient (Wildman–Crippen LogP) is 3.64. The fourth-order valence-corrected chi connectivity index (χ4v) is 4.78. The molecule has 3 N–H and O–H groups in total. The lowest BCUT2D eigenvalue weighted by Gasteiger charge is -2.08. The van der Waals surface area contributed by atoms with Crippen molar-refractivity contribution in [2.45, 2.75) is 32.3 Å². The van der Waals surface area contributed by atoms with E-state index in [9.17, 15) is 14.0 Å². The number of aromatic nitrogens is 3. The summed E-state index contributed by atoms with van der Waals surface area (Å²) in [5.74, 6) is 5.28. The van der Waals surface area contributed by atoms with Gasteiger partial charge in [0.05, 0.1) is 17.9 Å².